The second-order valence-electron chi connectivity index (χ2n) is 8.31. The number of carbonyl (C=O) groups is 3. The Hall–Kier alpha value is -4.72. The molecule has 1 amide bonds. The molecule has 1 atom stereocenters. The highest BCUT2D eigenvalue weighted by atomic mass is 16.5. The fourth-order valence-corrected chi connectivity index (χ4v) is 3.49. The number of hydrogen-bond acceptors (Lipinski definition) is 6. The predicted octanol–water partition coefficient (Wildman–Crippen LogP) is 4.57. The van der Waals surface area contributed by atoms with Gasteiger partial charge in [-0.15, -0.1) is 0 Å². The standard InChI is InChI=1S/C29H29N3O5/c1-4-36-28(34)23-8-6-21(7-9-23)19(3)32-26(33)16-13-20-5-10-24(17-18(20)2)29(35)37-25-14-11-22(12-15-25)27(30)31/h5-17,19H,4H2,1-3H3,(H3,30,31)(H,32,33)/b16-13+. The third-order valence-electron chi connectivity index (χ3n) is 5.58. The van der Waals surface area contributed by atoms with E-state index in [4.69, 9.17) is 20.6 Å². The van der Waals surface area contributed by atoms with Crippen molar-refractivity contribution < 1.29 is 23.9 Å². The number of nitrogens with one attached hydrogen (secondary N) is 2. The van der Waals surface area contributed by atoms with Gasteiger partial charge in [0, 0.05) is 11.6 Å². The molecule has 0 aliphatic rings. The van der Waals surface area contributed by atoms with Crippen LogP contribution in [-0.4, -0.2) is 30.3 Å². The Kier molecular flexibility index (Phi) is 8.94. The number of aryl methyl sites for hydroxylation is 1. The Morgan fingerprint density at radius 3 is 2.16 bits per heavy atom. The van der Waals surface area contributed by atoms with Crippen LogP contribution in [-0.2, 0) is 9.53 Å². The molecular formula is C29H29N3O5. The third kappa shape index (κ3) is 7.38. The van der Waals surface area contributed by atoms with Gasteiger partial charge in [0.2, 0.25) is 5.91 Å². The van der Waals surface area contributed by atoms with Gasteiger partial charge in [0.05, 0.1) is 23.8 Å². The SMILES string of the molecule is CCOC(=O)c1ccc(C(C)NC(=O)/C=C/c2ccc(C(=O)Oc3ccc(C(=N)N)cc3)cc2C)cc1. The van der Waals surface area contributed by atoms with Crippen LogP contribution >= 0.6 is 0 Å². The highest BCUT2D eigenvalue weighted by Crippen LogP contribution is 2.18. The molecule has 0 fully saturated rings. The summed E-state index contributed by atoms with van der Waals surface area (Å²) in [5, 5.41) is 10.3. The van der Waals surface area contributed by atoms with E-state index in [0.717, 1.165) is 16.7 Å². The Morgan fingerprint density at radius 1 is 0.946 bits per heavy atom. The topological polar surface area (TPSA) is 132 Å². The van der Waals surface area contributed by atoms with Crippen LogP contribution in [0.3, 0.4) is 0 Å². The molecule has 0 aromatic heterocycles. The summed E-state index contributed by atoms with van der Waals surface area (Å²) < 4.78 is 10.4. The molecule has 8 nitrogen and oxygen atoms in total. The van der Waals surface area contributed by atoms with E-state index in [1.807, 2.05) is 13.8 Å². The van der Waals surface area contributed by atoms with E-state index in [-0.39, 0.29) is 23.8 Å². The lowest BCUT2D eigenvalue weighted by Crippen LogP contribution is -2.24. The molecule has 37 heavy (non-hydrogen) atoms. The van der Waals surface area contributed by atoms with Crippen molar-refractivity contribution in [1.82, 2.24) is 5.32 Å². The zero-order chi connectivity index (χ0) is 26.9. The summed E-state index contributed by atoms with van der Waals surface area (Å²) >= 11 is 0. The summed E-state index contributed by atoms with van der Waals surface area (Å²) in [6, 6.07) is 18.1. The minimum absolute atomic E-state index is 0.0648. The number of amides is 1. The van der Waals surface area contributed by atoms with Crippen molar-refractivity contribution in [3.63, 3.8) is 0 Å². The lowest BCUT2D eigenvalue weighted by molar-refractivity contribution is -0.117. The largest absolute Gasteiger partial charge is 0.462 e. The van der Waals surface area contributed by atoms with Crippen LogP contribution in [0, 0.1) is 12.3 Å². The van der Waals surface area contributed by atoms with Crippen LogP contribution < -0.4 is 15.8 Å². The van der Waals surface area contributed by atoms with Gasteiger partial charge in [-0.3, -0.25) is 10.2 Å². The zero-order valence-corrected chi connectivity index (χ0v) is 20.9. The lowest BCUT2D eigenvalue weighted by atomic mass is 10.0. The predicted molar refractivity (Wildman–Crippen MR) is 142 cm³/mol. The zero-order valence-electron chi connectivity index (χ0n) is 20.9. The molecule has 0 radical (unpaired) electrons. The number of carbonyl (C=O) groups excluding carboxylic acids is 3. The summed E-state index contributed by atoms with van der Waals surface area (Å²) in [6.07, 6.45) is 3.11. The summed E-state index contributed by atoms with van der Waals surface area (Å²) in [7, 11) is 0. The number of esters is 2. The highest BCUT2D eigenvalue weighted by molar-refractivity contribution is 5.96. The van der Waals surface area contributed by atoms with Gasteiger partial charge < -0.3 is 20.5 Å². The molecule has 190 valence electrons. The van der Waals surface area contributed by atoms with Gasteiger partial charge in [-0.2, -0.15) is 0 Å². The molecule has 0 spiro atoms. The monoisotopic (exact) mass is 499 g/mol. The van der Waals surface area contributed by atoms with Crippen molar-refractivity contribution in [2.45, 2.75) is 26.8 Å². The van der Waals surface area contributed by atoms with Crippen molar-refractivity contribution in [1.29, 1.82) is 5.41 Å². The van der Waals surface area contributed by atoms with E-state index in [2.05, 4.69) is 5.32 Å². The van der Waals surface area contributed by atoms with Gasteiger partial charge in [0.25, 0.3) is 0 Å². The fraction of sp³-hybridized carbons (Fsp3) is 0.172. The molecule has 1 unspecified atom stereocenters. The number of nitrogens with two attached hydrogens (primary N) is 1. The maximum Gasteiger partial charge on any atom is 0.343 e. The number of hydrogen-bond donors (Lipinski definition) is 3. The minimum Gasteiger partial charge on any atom is -0.462 e. The van der Waals surface area contributed by atoms with E-state index in [9.17, 15) is 14.4 Å². The second-order valence-corrected chi connectivity index (χ2v) is 8.31. The molecule has 0 bridgehead atoms. The van der Waals surface area contributed by atoms with Gasteiger partial charge in [-0.1, -0.05) is 18.2 Å². The molecule has 8 heteroatoms. The summed E-state index contributed by atoms with van der Waals surface area (Å²) in [5.74, 6) is -0.900. The maximum atomic E-state index is 12.5. The van der Waals surface area contributed by atoms with E-state index in [1.165, 1.54) is 6.08 Å². The van der Waals surface area contributed by atoms with Gasteiger partial charge in [-0.05, 0) is 92.1 Å². The molecule has 0 aliphatic carbocycles. The highest BCUT2D eigenvalue weighted by Gasteiger charge is 2.12. The van der Waals surface area contributed by atoms with Crippen molar-refractivity contribution in [3.8, 4) is 5.75 Å². The number of benzene rings is 3. The number of ether oxygens (including phenoxy) is 2. The molecule has 0 saturated heterocycles. The Labute approximate surface area is 215 Å². The van der Waals surface area contributed by atoms with Crippen LogP contribution in [0.25, 0.3) is 6.08 Å². The molecule has 3 rings (SSSR count). The number of amidine groups is 1. The van der Waals surface area contributed by atoms with Gasteiger partial charge in [0.15, 0.2) is 0 Å². The average Bonchev–Trinajstić information content (AvgIpc) is 2.88. The van der Waals surface area contributed by atoms with Crippen LogP contribution in [0.1, 0.15) is 62.9 Å². The molecule has 0 heterocycles. The van der Waals surface area contributed by atoms with Gasteiger partial charge in [0.1, 0.15) is 11.6 Å². The summed E-state index contributed by atoms with van der Waals surface area (Å²) in [4.78, 5) is 36.7. The normalized spacial score (nSPS) is 11.5. The van der Waals surface area contributed by atoms with Crippen molar-refractivity contribution in [2.24, 2.45) is 5.73 Å². The third-order valence-corrected chi connectivity index (χ3v) is 5.58. The first-order valence-electron chi connectivity index (χ1n) is 11.7. The van der Waals surface area contributed by atoms with Gasteiger partial charge >= 0.3 is 11.9 Å². The van der Waals surface area contributed by atoms with Crippen LogP contribution in [0.4, 0.5) is 0 Å². The van der Waals surface area contributed by atoms with Crippen molar-refractivity contribution in [3.05, 3.63) is 106 Å². The first-order chi connectivity index (χ1) is 17.7. The molecule has 0 aliphatic heterocycles. The Bertz CT molecular complexity index is 1330. The maximum absolute atomic E-state index is 12.5. The number of nitrogen functional groups attached to an aromatic ring is 1. The summed E-state index contributed by atoms with van der Waals surface area (Å²) in [6.45, 7) is 5.75. The molecule has 0 saturated carbocycles. The van der Waals surface area contributed by atoms with Crippen molar-refractivity contribution >= 4 is 29.8 Å². The first kappa shape index (κ1) is 26.9. The van der Waals surface area contributed by atoms with Gasteiger partial charge in [-0.25, -0.2) is 9.59 Å². The molecule has 3 aromatic rings. The van der Waals surface area contributed by atoms with E-state index < -0.39 is 5.97 Å². The lowest BCUT2D eigenvalue weighted by Gasteiger charge is -2.13. The average molecular weight is 500 g/mol. The minimum atomic E-state index is -0.519. The molecule has 4 N–H and O–H groups in total. The van der Waals surface area contributed by atoms with Crippen LogP contribution in [0.5, 0.6) is 5.75 Å². The van der Waals surface area contributed by atoms with Crippen LogP contribution in [0.2, 0.25) is 0 Å². The Morgan fingerprint density at radius 2 is 1.57 bits per heavy atom. The molecule has 3 aromatic carbocycles. The Balaban J connectivity index is 1.58. The van der Waals surface area contributed by atoms with Crippen LogP contribution in [0.15, 0.2) is 72.8 Å². The quantitative estimate of drug-likeness (QED) is 0.130. The smallest absolute Gasteiger partial charge is 0.343 e. The number of rotatable bonds is 9. The first-order valence-corrected chi connectivity index (χ1v) is 11.7. The van der Waals surface area contributed by atoms with E-state index in [0.29, 0.717) is 29.0 Å². The van der Waals surface area contributed by atoms with E-state index >= 15 is 0 Å². The van der Waals surface area contributed by atoms with E-state index in [1.54, 1.807) is 79.7 Å². The fourth-order valence-electron chi connectivity index (χ4n) is 3.49. The van der Waals surface area contributed by atoms with Crippen molar-refractivity contribution in [2.75, 3.05) is 6.61 Å². The molecular weight excluding hydrogens is 470 g/mol. The summed E-state index contributed by atoms with van der Waals surface area (Å²) in [5.41, 5.74) is 9.23. The second kappa shape index (κ2) is 12.3.